The summed E-state index contributed by atoms with van der Waals surface area (Å²) in [7, 11) is -7.05. The summed E-state index contributed by atoms with van der Waals surface area (Å²) in [5.74, 6) is 0.228. The molecule has 6 nitrogen and oxygen atoms in total. The van der Waals surface area contributed by atoms with Gasteiger partial charge in [-0.05, 0) is 54.9 Å². The lowest BCUT2D eigenvalue weighted by molar-refractivity contribution is 0.337. The highest BCUT2D eigenvalue weighted by molar-refractivity contribution is 9.10. The SMILES string of the molecule is CC(C)(C)S(=O)(=O)CCOc1ccc(S(N)(=O)=O)cc1Br. The third-order valence-electron chi connectivity index (χ3n) is 2.77. The van der Waals surface area contributed by atoms with Crippen LogP contribution >= 0.6 is 15.9 Å². The Morgan fingerprint density at radius 1 is 1.19 bits per heavy atom. The van der Waals surface area contributed by atoms with E-state index in [0.29, 0.717) is 10.2 Å². The fourth-order valence-electron chi connectivity index (χ4n) is 1.34. The molecule has 2 N–H and O–H groups in total. The van der Waals surface area contributed by atoms with Gasteiger partial charge < -0.3 is 4.74 Å². The van der Waals surface area contributed by atoms with E-state index in [0.717, 1.165) is 0 Å². The molecule has 0 aromatic heterocycles. The Bertz CT molecular complexity index is 721. The van der Waals surface area contributed by atoms with Crippen molar-refractivity contribution < 1.29 is 21.6 Å². The first-order valence-electron chi connectivity index (χ1n) is 6.02. The van der Waals surface area contributed by atoms with Gasteiger partial charge in [0.25, 0.3) is 0 Å². The van der Waals surface area contributed by atoms with Crippen molar-refractivity contribution in [3.63, 3.8) is 0 Å². The minimum absolute atomic E-state index is 0.0209. The van der Waals surface area contributed by atoms with Crippen LogP contribution in [0.3, 0.4) is 0 Å². The molecule has 1 rings (SSSR count). The molecule has 0 atom stereocenters. The smallest absolute Gasteiger partial charge is 0.238 e. The van der Waals surface area contributed by atoms with Crippen molar-refractivity contribution in [1.82, 2.24) is 0 Å². The van der Waals surface area contributed by atoms with Crippen molar-refractivity contribution in [2.45, 2.75) is 30.4 Å². The zero-order valence-corrected chi connectivity index (χ0v) is 15.2. The van der Waals surface area contributed by atoms with Crippen LogP contribution in [0.5, 0.6) is 5.75 Å². The summed E-state index contributed by atoms with van der Waals surface area (Å²) in [4.78, 5) is -0.0518. The highest BCUT2D eigenvalue weighted by Gasteiger charge is 2.28. The monoisotopic (exact) mass is 399 g/mol. The van der Waals surface area contributed by atoms with Gasteiger partial charge in [0.05, 0.1) is 19.9 Å². The number of hydrogen-bond acceptors (Lipinski definition) is 5. The molecule has 1 aromatic carbocycles. The van der Waals surface area contributed by atoms with Gasteiger partial charge >= 0.3 is 0 Å². The first-order valence-corrected chi connectivity index (χ1v) is 10.0. The lowest BCUT2D eigenvalue weighted by Gasteiger charge is -2.19. The maximum absolute atomic E-state index is 11.9. The first-order chi connectivity index (χ1) is 9.34. The number of sulfone groups is 1. The first kappa shape index (κ1) is 18.4. The fraction of sp³-hybridized carbons (Fsp3) is 0.500. The van der Waals surface area contributed by atoms with Crippen LogP contribution in [0, 0.1) is 0 Å². The number of primary sulfonamides is 1. The predicted octanol–water partition coefficient (Wildman–Crippen LogP) is 1.69. The van der Waals surface area contributed by atoms with E-state index in [-0.39, 0.29) is 17.3 Å². The number of sulfonamides is 1. The molecule has 0 saturated carbocycles. The van der Waals surface area contributed by atoms with E-state index >= 15 is 0 Å². The molecular formula is C12H18BrNO5S2. The molecule has 0 radical (unpaired) electrons. The molecule has 21 heavy (non-hydrogen) atoms. The predicted molar refractivity (Wildman–Crippen MR) is 84.6 cm³/mol. The molecule has 0 amide bonds. The van der Waals surface area contributed by atoms with Crippen LogP contribution in [0.25, 0.3) is 0 Å². The maximum atomic E-state index is 11.9. The summed E-state index contributed by atoms with van der Waals surface area (Å²) in [6, 6.07) is 4.03. The summed E-state index contributed by atoms with van der Waals surface area (Å²) in [5.41, 5.74) is 0. The van der Waals surface area contributed by atoms with E-state index < -0.39 is 24.6 Å². The van der Waals surface area contributed by atoms with E-state index in [2.05, 4.69) is 15.9 Å². The second-order valence-electron chi connectivity index (χ2n) is 5.42. The zero-order chi connectivity index (χ0) is 16.5. The Labute approximate surface area is 133 Å². The van der Waals surface area contributed by atoms with E-state index in [1.54, 1.807) is 20.8 Å². The lowest BCUT2D eigenvalue weighted by atomic mass is 10.3. The minimum atomic E-state index is -3.79. The Hall–Kier alpha value is -0.640. The highest BCUT2D eigenvalue weighted by Crippen LogP contribution is 2.27. The topological polar surface area (TPSA) is 104 Å². The molecule has 0 aliphatic heterocycles. The Morgan fingerprint density at radius 3 is 2.19 bits per heavy atom. The van der Waals surface area contributed by atoms with Crippen LogP contribution in [0.15, 0.2) is 27.6 Å². The number of hydrogen-bond donors (Lipinski definition) is 1. The van der Waals surface area contributed by atoms with Gasteiger partial charge in [-0.2, -0.15) is 0 Å². The number of rotatable bonds is 5. The van der Waals surface area contributed by atoms with Gasteiger partial charge in [-0.3, -0.25) is 0 Å². The average molecular weight is 400 g/mol. The second-order valence-corrected chi connectivity index (χ2v) is 10.7. The molecule has 0 unspecified atom stereocenters. The van der Waals surface area contributed by atoms with Crippen LogP contribution in [0.1, 0.15) is 20.8 Å². The molecule has 0 saturated heterocycles. The zero-order valence-electron chi connectivity index (χ0n) is 12.0. The van der Waals surface area contributed by atoms with Gasteiger partial charge in [0.2, 0.25) is 10.0 Å². The third-order valence-corrected chi connectivity index (χ3v) is 6.88. The fourth-order valence-corrected chi connectivity index (χ4v) is 3.44. The largest absolute Gasteiger partial charge is 0.491 e. The summed E-state index contributed by atoms with van der Waals surface area (Å²) in [6.45, 7) is 4.85. The van der Waals surface area contributed by atoms with E-state index in [4.69, 9.17) is 9.88 Å². The van der Waals surface area contributed by atoms with Crippen molar-refractivity contribution in [1.29, 1.82) is 0 Å². The van der Waals surface area contributed by atoms with Gasteiger partial charge in [-0.25, -0.2) is 22.0 Å². The molecule has 1 aromatic rings. The van der Waals surface area contributed by atoms with E-state index in [1.165, 1.54) is 18.2 Å². The van der Waals surface area contributed by atoms with Crippen molar-refractivity contribution in [3.8, 4) is 5.75 Å². The summed E-state index contributed by atoms with van der Waals surface area (Å²) in [6.07, 6.45) is 0. The maximum Gasteiger partial charge on any atom is 0.238 e. The summed E-state index contributed by atoms with van der Waals surface area (Å²) in [5, 5.41) is 5.01. The average Bonchev–Trinajstić information content (AvgIpc) is 2.28. The number of ether oxygens (including phenoxy) is 1. The van der Waals surface area contributed by atoms with Crippen LogP contribution in [0.4, 0.5) is 0 Å². The normalized spacial score (nSPS) is 13.2. The van der Waals surface area contributed by atoms with E-state index in [9.17, 15) is 16.8 Å². The van der Waals surface area contributed by atoms with E-state index in [1.807, 2.05) is 0 Å². The molecular weight excluding hydrogens is 382 g/mol. The molecule has 0 fully saturated rings. The molecule has 0 heterocycles. The van der Waals surface area contributed by atoms with Crippen molar-refractivity contribution in [3.05, 3.63) is 22.7 Å². The lowest BCUT2D eigenvalue weighted by Crippen LogP contribution is -2.32. The molecule has 0 aliphatic carbocycles. The van der Waals surface area contributed by atoms with Gasteiger partial charge in [0, 0.05) is 0 Å². The number of nitrogens with two attached hydrogens (primary N) is 1. The quantitative estimate of drug-likeness (QED) is 0.810. The number of benzene rings is 1. The summed E-state index contributed by atoms with van der Waals surface area (Å²) < 4.78 is 51.2. The highest BCUT2D eigenvalue weighted by atomic mass is 79.9. The van der Waals surface area contributed by atoms with Crippen LogP contribution in [-0.2, 0) is 19.9 Å². The third kappa shape index (κ3) is 4.94. The van der Waals surface area contributed by atoms with Crippen LogP contribution in [0.2, 0.25) is 0 Å². The van der Waals surface area contributed by atoms with Crippen molar-refractivity contribution in [2.75, 3.05) is 12.4 Å². The second kappa shape index (κ2) is 6.23. The van der Waals surface area contributed by atoms with Crippen LogP contribution < -0.4 is 9.88 Å². The molecule has 9 heteroatoms. The Balaban J connectivity index is 2.79. The number of halogens is 1. The molecule has 0 aliphatic rings. The molecule has 120 valence electrons. The minimum Gasteiger partial charge on any atom is -0.491 e. The van der Waals surface area contributed by atoms with Crippen molar-refractivity contribution >= 4 is 35.8 Å². The van der Waals surface area contributed by atoms with Gasteiger partial charge in [-0.1, -0.05) is 0 Å². The van der Waals surface area contributed by atoms with Crippen LogP contribution in [-0.4, -0.2) is 33.9 Å². The van der Waals surface area contributed by atoms with Crippen molar-refractivity contribution in [2.24, 2.45) is 5.14 Å². The van der Waals surface area contributed by atoms with Gasteiger partial charge in [-0.15, -0.1) is 0 Å². The van der Waals surface area contributed by atoms with Gasteiger partial charge in [0.1, 0.15) is 12.4 Å². The Morgan fingerprint density at radius 2 is 1.76 bits per heavy atom. The Kier molecular flexibility index (Phi) is 5.46. The standard InChI is InChI=1S/C12H18BrNO5S2/c1-12(2,3)20(15,16)7-6-19-11-5-4-9(8-10(11)13)21(14,17)18/h4-5,8H,6-7H2,1-3H3,(H2,14,17,18). The molecule has 0 bridgehead atoms. The van der Waals surface area contributed by atoms with Gasteiger partial charge in [0.15, 0.2) is 9.84 Å². The summed E-state index contributed by atoms with van der Waals surface area (Å²) >= 11 is 3.17. The molecule has 0 spiro atoms.